The van der Waals surface area contributed by atoms with Gasteiger partial charge < -0.3 is 9.84 Å². The second-order valence-electron chi connectivity index (χ2n) is 3.93. The number of ether oxygens (including phenoxy) is 1. The zero-order valence-electron chi connectivity index (χ0n) is 9.50. The lowest BCUT2D eigenvalue weighted by Crippen LogP contribution is -2.11. The molecule has 0 aliphatic carbocycles. The Labute approximate surface area is 89.7 Å². The van der Waals surface area contributed by atoms with Crippen LogP contribution in [0.25, 0.3) is 0 Å². The molecule has 1 N–H and O–H groups in total. The van der Waals surface area contributed by atoms with Gasteiger partial charge in [-0.25, -0.2) is 4.79 Å². The first-order valence-corrected chi connectivity index (χ1v) is 4.93. The number of hydrogen-bond acceptors (Lipinski definition) is 2. The van der Waals surface area contributed by atoms with Crippen LogP contribution in [0.15, 0.2) is 12.1 Å². The molecule has 3 heteroatoms. The normalized spacial score (nSPS) is 10.5. The van der Waals surface area contributed by atoms with E-state index >= 15 is 0 Å². The fourth-order valence-corrected chi connectivity index (χ4v) is 1.51. The maximum Gasteiger partial charge on any atom is 0.339 e. The molecular formula is C12H16O3. The molecule has 0 radical (unpaired) electrons. The van der Waals surface area contributed by atoms with Gasteiger partial charge in [-0.15, -0.1) is 0 Å². The Bertz CT molecular complexity index is 381. The van der Waals surface area contributed by atoms with Crippen LogP contribution < -0.4 is 4.74 Å². The Kier molecular flexibility index (Phi) is 3.35. The number of rotatable bonds is 3. The molecule has 1 rings (SSSR count). The molecule has 15 heavy (non-hydrogen) atoms. The standard InChI is InChI=1S/C12H16O3/c1-7(2)15-11-9(4)5-8(3)6-10(11)12(13)14/h5-7H,1-4H3,(H,13,14). The molecule has 0 heterocycles. The number of aromatic carboxylic acids is 1. The zero-order valence-corrected chi connectivity index (χ0v) is 9.50. The summed E-state index contributed by atoms with van der Waals surface area (Å²) in [5, 5.41) is 9.05. The fraction of sp³-hybridized carbons (Fsp3) is 0.417. The number of carbonyl (C=O) groups is 1. The van der Waals surface area contributed by atoms with Gasteiger partial charge in [0, 0.05) is 0 Å². The van der Waals surface area contributed by atoms with Crippen molar-refractivity contribution in [2.24, 2.45) is 0 Å². The van der Waals surface area contributed by atoms with Gasteiger partial charge in [-0.05, 0) is 44.9 Å². The van der Waals surface area contributed by atoms with Gasteiger partial charge in [0.1, 0.15) is 11.3 Å². The number of aryl methyl sites for hydroxylation is 2. The zero-order chi connectivity index (χ0) is 11.6. The number of carboxylic acid groups (broad SMARTS) is 1. The van der Waals surface area contributed by atoms with Crippen LogP contribution in [0.4, 0.5) is 0 Å². The summed E-state index contributed by atoms with van der Waals surface area (Å²) in [4.78, 5) is 11.0. The van der Waals surface area contributed by atoms with Crippen molar-refractivity contribution in [1.82, 2.24) is 0 Å². The van der Waals surface area contributed by atoms with Crippen LogP contribution >= 0.6 is 0 Å². The molecule has 0 spiro atoms. The van der Waals surface area contributed by atoms with Crippen LogP contribution in [0.5, 0.6) is 5.75 Å². The van der Waals surface area contributed by atoms with Crippen molar-refractivity contribution in [3.8, 4) is 5.75 Å². The van der Waals surface area contributed by atoms with E-state index in [-0.39, 0.29) is 11.7 Å². The maximum atomic E-state index is 11.0. The molecule has 0 aromatic heterocycles. The molecule has 3 nitrogen and oxygen atoms in total. The summed E-state index contributed by atoms with van der Waals surface area (Å²) in [7, 11) is 0. The summed E-state index contributed by atoms with van der Waals surface area (Å²) in [6.45, 7) is 7.49. The summed E-state index contributed by atoms with van der Waals surface area (Å²) in [5.41, 5.74) is 2.03. The molecule has 82 valence electrons. The highest BCUT2D eigenvalue weighted by Gasteiger charge is 2.15. The topological polar surface area (TPSA) is 46.5 Å². The van der Waals surface area contributed by atoms with Crippen molar-refractivity contribution in [2.75, 3.05) is 0 Å². The Balaban J connectivity index is 3.27. The van der Waals surface area contributed by atoms with Crippen LogP contribution in [0.3, 0.4) is 0 Å². The largest absolute Gasteiger partial charge is 0.490 e. The highest BCUT2D eigenvalue weighted by molar-refractivity contribution is 5.91. The van der Waals surface area contributed by atoms with Gasteiger partial charge in [0.05, 0.1) is 6.10 Å². The van der Waals surface area contributed by atoms with Gasteiger partial charge in [-0.2, -0.15) is 0 Å². The Hall–Kier alpha value is -1.51. The van der Waals surface area contributed by atoms with Crippen LogP contribution in [0, 0.1) is 13.8 Å². The molecular weight excluding hydrogens is 192 g/mol. The number of hydrogen-bond donors (Lipinski definition) is 1. The van der Waals surface area contributed by atoms with Crippen molar-refractivity contribution in [3.63, 3.8) is 0 Å². The number of benzene rings is 1. The molecule has 1 aromatic carbocycles. The first kappa shape index (κ1) is 11.6. The van der Waals surface area contributed by atoms with E-state index in [0.29, 0.717) is 5.75 Å². The van der Waals surface area contributed by atoms with Crippen LogP contribution in [0.1, 0.15) is 35.3 Å². The van der Waals surface area contributed by atoms with E-state index < -0.39 is 5.97 Å². The summed E-state index contributed by atoms with van der Waals surface area (Å²) in [5.74, 6) is -0.472. The molecule has 0 aliphatic rings. The molecule has 0 amide bonds. The summed E-state index contributed by atoms with van der Waals surface area (Å²) >= 11 is 0. The lowest BCUT2D eigenvalue weighted by atomic mass is 10.1. The van der Waals surface area contributed by atoms with Crippen LogP contribution in [0.2, 0.25) is 0 Å². The molecule has 0 saturated heterocycles. The predicted octanol–water partition coefficient (Wildman–Crippen LogP) is 2.79. The van der Waals surface area contributed by atoms with Crippen LogP contribution in [-0.2, 0) is 0 Å². The summed E-state index contributed by atoms with van der Waals surface area (Å²) < 4.78 is 5.51. The van der Waals surface area contributed by atoms with E-state index in [9.17, 15) is 4.79 Å². The smallest absolute Gasteiger partial charge is 0.339 e. The Morgan fingerprint density at radius 2 is 1.93 bits per heavy atom. The van der Waals surface area contributed by atoms with E-state index in [1.807, 2.05) is 33.8 Å². The average Bonchev–Trinajstić information content (AvgIpc) is 2.08. The van der Waals surface area contributed by atoms with E-state index in [4.69, 9.17) is 9.84 Å². The lowest BCUT2D eigenvalue weighted by molar-refractivity contribution is 0.0690. The molecule has 0 unspecified atom stereocenters. The fourth-order valence-electron chi connectivity index (χ4n) is 1.51. The number of carboxylic acids is 1. The van der Waals surface area contributed by atoms with E-state index in [1.54, 1.807) is 6.07 Å². The van der Waals surface area contributed by atoms with E-state index in [2.05, 4.69) is 0 Å². The molecule has 0 aliphatic heterocycles. The molecule has 0 atom stereocenters. The maximum absolute atomic E-state index is 11.0. The summed E-state index contributed by atoms with van der Waals surface area (Å²) in [6.07, 6.45) is -0.0236. The van der Waals surface area contributed by atoms with Crippen molar-refractivity contribution in [3.05, 3.63) is 28.8 Å². The van der Waals surface area contributed by atoms with E-state index in [1.165, 1.54) is 0 Å². The third-order valence-electron chi connectivity index (χ3n) is 2.00. The molecule has 0 saturated carbocycles. The van der Waals surface area contributed by atoms with Gasteiger partial charge in [-0.3, -0.25) is 0 Å². The minimum absolute atomic E-state index is 0.0236. The second kappa shape index (κ2) is 4.34. The molecule has 0 fully saturated rings. The average molecular weight is 208 g/mol. The van der Waals surface area contributed by atoms with Gasteiger partial charge in [0.2, 0.25) is 0 Å². The highest BCUT2D eigenvalue weighted by atomic mass is 16.5. The van der Waals surface area contributed by atoms with Gasteiger partial charge in [0.15, 0.2) is 0 Å². The SMILES string of the molecule is Cc1cc(C)c(OC(C)C)c(C(=O)O)c1. The van der Waals surface area contributed by atoms with Gasteiger partial charge in [-0.1, -0.05) is 6.07 Å². The predicted molar refractivity (Wildman–Crippen MR) is 58.6 cm³/mol. The molecule has 1 aromatic rings. The minimum atomic E-state index is -0.947. The summed E-state index contributed by atoms with van der Waals surface area (Å²) in [6, 6.07) is 3.55. The third kappa shape index (κ3) is 2.72. The van der Waals surface area contributed by atoms with E-state index in [0.717, 1.165) is 11.1 Å². The van der Waals surface area contributed by atoms with Crippen molar-refractivity contribution in [2.45, 2.75) is 33.8 Å². The highest BCUT2D eigenvalue weighted by Crippen LogP contribution is 2.26. The van der Waals surface area contributed by atoms with Crippen molar-refractivity contribution in [1.29, 1.82) is 0 Å². The first-order chi connectivity index (χ1) is 6.91. The minimum Gasteiger partial charge on any atom is -0.490 e. The van der Waals surface area contributed by atoms with Gasteiger partial charge >= 0.3 is 5.97 Å². The Morgan fingerprint density at radius 1 is 1.33 bits per heavy atom. The monoisotopic (exact) mass is 208 g/mol. The van der Waals surface area contributed by atoms with Gasteiger partial charge in [0.25, 0.3) is 0 Å². The van der Waals surface area contributed by atoms with Crippen LogP contribution in [-0.4, -0.2) is 17.2 Å². The van der Waals surface area contributed by atoms with Crippen molar-refractivity contribution < 1.29 is 14.6 Å². The Morgan fingerprint density at radius 3 is 2.40 bits per heavy atom. The first-order valence-electron chi connectivity index (χ1n) is 4.93. The lowest BCUT2D eigenvalue weighted by Gasteiger charge is -2.15. The molecule has 0 bridgehead atoms. The quantitative estimate of drug-likeness (QED) is 0.830. The van der Waals surface area contributed by atoms with Crippen molar-refractivity contribution >= 4 is 5.97 Å². The third-order valence-corrected chi connectivity index (χ3v) is 2.00. The second-order valence-corrected chi connectivity index (χ2v) is 3.93.